The van der Waals surface area contributed by atoms with Crippen LogP contribution in [0.15, 0.2) is 11.4 Å². The molecule has 0 aromatic carbocycles. The van der Waals surface area contributed by atoms with Gasteiger partial charge in [0.05, 0.1) is 11.7 Å². The topological polar surface area (TPSA) is 45.0 Å². The normalized spacial score (nSPS) is 16.4. The first-order chi connectivity index (χ1) is 9.38. The van der Waals surface area contributed by atoms with Crippen molar-refractivity contribution < 1.29 is 4.74 Å². The zero-order valence-corrected chi connectivity index (χ0v) is 12.2. The van der Waals surface area contributed by atoms with Gasteiger partial charge in [-0.1, -0.05) is 19.3 Å². The molecule has 1 N–H and O–H groups in total. The number of nitrogens with zero attached hydrogens (tertiary/aromatic N) is 1. The molecule has 0 atom stereocenters. The molecule has 19 heavy (non-hydrogen) atoms. The predicted molar refractivity (Wildman–Crippen MR) is 78.2 cm³/mol. The largest absolute Gasteiger partial charge is 0.378 e. The average molecular weight is 278 g/mol. The summed E-state index contributed by atoms with van der Waals surface area (Å²) in [5.41, 5.74) is 0.766. The van der Waals surface area contributed by atoms with Gasteiger partial charge in [-0.05, 0) is 31.9 Å². The van der Waals surface area contributed by atoms with Gasteiger partial charge in [-0.2, -0.15) is 5.26 Å². The van der Waals surface area contributed by atoms with Crippen molar-refractivity contribution in [3.05, 3.63) is 21.9 Å². The highest BCUT2D eigenvalue weighted by molar-refractivity contribution is 7.10. The fourth-order valence-electron chi connectivity index (χ4n) is 2.42. The second-order valence-corrected chi connectivity index (χ2v) is 6.07. The Morgan fingerprint density at radius 1 is 1.37 bits per heavy atom. The van der Waals surface area contributed by atoms with Crippen molar-refractivity contribution in [1.29, 1.82) is 5.26 Å². The Bertz CT molecular complexity index is 405. The molecular formula is C15H22N2OS. The number of thiophene rings is 1. The van der Waals surface area contributed by atoms with Gasteiger partial charge >= 0.3 is 0 Å². The van der Waals surface area contributed by atoms with E-state index < -0.39 is 0 Å². The lowest BCUT2D eigenvalue weighted by Gasteiger charge is -2.21. The monoisotopic (exact) mass is 278 g/mol. The van der Waals surface area contributed by atoms with Gasteiger partial charge < -0.3 is 10.1 Å². The van der Waals surface area contributed by atoms with Crippen LogP contribution in [0.25, 0.3) is 0 Å². The third kappa shape index (κ3) is 5.32. The lowest BCUT2D eigenvalue weighted by molar-refractivity contribution is 0.0273. The smallest absolute Gasteiger partial charge is 0.100 e. The molecular weight excluding hydrogens is 256 g/mol. The summed E-state index contributed by atoms with van der Waals surface area (Å²) < 4.78 is 5.88. The van der Waals surface area contributed by atoms with Crippen LogP contribution in [-0.2, 0) is 11.3 Å². The Morgan fingerprint density at radius 3 is 2.95 bits per heavy atom. The molecule has 3 nitrogen and oxygen atoms in total. The maximum absolute atomic E-state index is 8.74. The first-order valence-corrected chi connectivity index (χ1v) is 8.06. The van der Waals surface area contributed by atoms with Crippen LogP contribution in [0.4, 0.5) is 0 Å². The number of nitrogens with one attached hydrogen (secondary N) is 1. The molecule has 4 heteroatoms. The molecule has 0 amide bonds. The third-order valence-corrected chi connectivity index (χ3v) is 4.42. The summed E-state index contributed by atoms with van der Waals surface area (Å²) in [6.07, 6.45) is 8.13. The van der Waals surface area contributed by atoms with Crippen LogP contribution in [0, 0.1) is 11.3 Å². The second kappa shape index (κ2) is 8.31. The Kier molecular flexibility index (Phi) is 6.35. The molecule has 1 aromatic heterocycles. The Labute approximate surface area is 119 Å². The van der Waals surface area contributed by atoms with Gasteiger partial charge in [0.1, 0.15) is 6.07 Å². The van der Waals surface area contributed by atoms with E-state index in [4.69, 9.17) is 10.00 Å². The Hall–Kier alpha value is -0.890. The van der Waals surface area contributed by atoms with Crippen molar-refractivity contribution in [3.8, 4) is 6.07 Å². The maximum atomic E-state index is 8.74. The van der Waals surface area contributed by atoms with Crippen LogP contribution in [0.1, 0.15) is 49.0 Å². The van der Waals surface area contributed by atoms with Gasteiger partial charge in [0, 0.05) is 23.4 Å². The zero-order valence-electron chi connectivity index (χ0n) is 11.4. The molecule has 1 fully saturated rings. The summed E-state index contributed by atoms with van der Waals surface area (Å²) >= 11 is 1.64. The van der Waals surface area contributed by atoms with E-state index in [0.29, 0.717) is 6.10 Å². The summed E-state index contributed by atoms with van der Waals surface area (Å²) in [4.78, 5) is 1.23. The van der Waals surface area contributed by atoms with E-state index in [1.807, 2.05) is 11.4 Å². The predicted octanol–water partition coefficient (Wildman–Crippen LogP) is 3.45. The number of rotatable bonds is 7. The summed E-state index contributed by atoms with van der Waals surface area (Å²) in [6.45, 7) is 2.70. The van der Waals surface area contributed by atoms with Gasteiger partial charge in [0.25, 0.3) is 0 Å². The van der Waals surface area contributed by atoms with E-state index in [-0.39, 0.29) is 0 Å². The molecule has 0 aliphatic heterocycles. The van der Waals surface area contributed by atoms with Crippen LogP contribution in [0.3, 0.4) is 0 Å². The quantitative estimate of drug-likeness (QED) is 0.777. The second-order valence-electron chi connectivity index (χ2n) is 5.07. The Balaban J connectivity index is 1.49. The van der Waals surface area contributed by atoms with E-state index >= 15 is 0 Å². The van der Waals surface area contributed by atoms with E-state index in [1.54, 1.807) is 11.3 Å². The standard InChI is InChI=1S/C15H22N2OS/c16-10-13-9-15(19-12-13)11-17-7-4-8-18-14-5-2-1-3-6-14/h9,12,14,17H,1-8,11H2. The summed E-state index contributed by atoms with van der Waals surface area (Å²) in [5.74, 6) is 0. The number of hydrogen-bond donors (Lipinski definition) is 1. The summed E-state index contributed by atoms with van der Waals surface area (Å²) in [6, 6.07) is 4.11. The number of hydrogen-bond acceptors (Lipinski definition) is 4. The molecule has 1 heterocycles. The minimum atomic E-state index is 0.518. The molecule has 104 valence electrons. The molecule has 1 aliphatic rings. The van der Waals surface area contributed by atoms with Crippen LogP contribution in [-0.4, -0.2) is 19.3 Å². The first kappa shape index (κ1) is 14.5. The van der Waals surface area contributed by atoms with Crippen molar-refractivity contribution in [2.45, 2.75) is 51.2 Å². The fraction of sp³-hybridized carbons (Fsp3) is 0.667. The highest BCUT2D eigenvalue weighted by atomic mass is 32.1. The average Bonchev–Trinajstić information content (AvgIpc) is 2.92. The molecule has 0 saturated heterocycles. The maximum Gasteiger partial charge on any atom is 0.100 e. The number of ether oxygens (including phenoxy) is 1. The van der Waals surface area contributed by atoms with E-state index in [2.05, 4.69) is 11.4 Å². The zero-order chi connectivity index (χ0) is 13.3. The molecule has 0 bridgehead atoms. The van der Waals surface area contributed by atoms with Gasteiger partial charge in [0.15, 0.2) is 0 Å². The summed E-state index contributed by atoms with van der Waals surface area (Å²) in [7, 11) is 0. The van der Waals surface area contributed by atoms with Crippen LogP contribution in [0.5, 0.6) is 0 Å². The van der Waals surface area contributed by atoms with Crippen LogP contribution in [0.2, 0.25) is 0 Å². The van der Waals surface area contributed by atoms with Gasteiger partial charge in [0.2, 0.25) is 0 Å². The fourth-order valence-corrected chi connectivity index (χ4v) is 3.20. The molecule has 1 aromatic rings. The highest BCUT2D eigenvalue weighted by Crippen LogP contribution is 2.20. The molecule has 1 aliphatic carbocycles. The minimum Gasteiger partial charge on any atom is -0.378 e. The molecule has 0 unspecified atom stereocenters. The van der Waals surface area contributed by atoms with Gasteiger partial charge in [-0.3, -0.25) is 0 Å². The Morgan fingerprint density at radius 2 is 2.21 bits per heavy atom. The van der Waals surface area contributed by atoms with Gasteiger partial charge in [-0.25, -0.2) is 0 Å². The summed E-state index contributed by atoms with van der Waals surface area (Å²) in [5, 5.41) is 14.0. The van der Waals surface area contributed by atoms with Crippen molar-refractivity contribution in [2.75, 3.05) is 13.2 Å². The van der Waals surface area contributed by atoms with Crippen molar-refractivity contribution in [3.63, 3.8) is 0 Å². The van der Waals surface area contributed by atoms with Crippen LogP contribution < -0.4 is 5.32 Å². The molecule has 1 saturated carbocycles. The van der Waals surface area contributed by atoms with Gasteiger partial charge in [-0.15, -0.1) is 11.3 Å². The third-order valence-electron chi connectivity index (χ3n) is 3.49. The number of nitriles is 1. The molecule has 2 rings (SSSR count). The lowest BCUT2D eigenvalue weighted by atomic mass is 9.98. The molecule has 0 radical (unpaired) electrons. The SMILES string of the molecule is N#Cc1csc(CNCCCOC2CCCCC2)c1. The highest BCUT2D eigenvalue weighted by Gasteiger charge is 2.12. The first-order valence-electron chi connectivity index (χ1n) is 7.18. The van der Waals surface area contributed by atoms with E-state index in [9.17, 15) is 0 Å². The van der Waals surface area contributed by atoms with Crippen molar-refractivity contribution in [2.24, 2.45) is 0 Å². The van der Waals surface area contributed by atoms with Crippen molar-refractivity contribution in [1.82, 2.24) is 5.32 Å². The van der Waals surface area contributed by atoms with E-state index in [1.165, 1.54) is 37.0 Å². The molecule has 0 spiro atoms. The van der Waals surface area contributed by atoms with Crippen LogP contribution >= 0.6 is 11.3 Å². The minimum absolute atomic E-state index is 0.518. The lowest BCUT2D eigenvalue weighted by Crippen LogP contribution is -2.20. The van der Waals surface area contributed by atoms with E-state index in [0.717, 1.165) is 31.7 Å². The van der Waals surface area contributed by atoms with Crippen molar-refractivity contribution >= 4 is 11.3 Å².